The molecule has 2 fully saturated rings. The van der Waals surface area contributed by atoms with Gasteiger partial charge in [-0.15, -0.1) is 0 Å². The SMILES string of the molecule is CC[C@H](C)[C@H](NC(=O)[C@@H]1CCCN1C(=O)[C@@H](N)CCSC)C(=O)N[C@@H](Cc1c[nH]c2ccccc12)C(=O)N[C@@H](CCCCN)C(=O)N[C@@H](Cc1ccccc1)C(=O)N1CCC[C@H]1C(=O)N[C@@H](CC(=O)O)C(=O)O. The lowest BCUT2D eigenvalue weighted by Gasteiger charge is -2.31. The van der Waals surface area contributed by atoms with E-state index in [0.717, 1.165) is 10.9 Å². The topological polar surface area (TPSA) is 329 Å². The van der Waals surface area contributed by atoms with Gasteiger partial charge in [-0.25, -0.2) is 4.79 Å². The molecule has 5 rings (SSSR count). The molecule has 2 aliphatic rings. The number of nitrogens with one attached hydrogen (secondary N) is 6. The first-order chi connectivity index (χ1) is 35.0. The second-order valence-corrected chi connectivity index (χ2v) is 19.8. The first-order valence-corrected chi connectivity index (χ1v) is 26.5. The van der Waals surface area contributed by atoms with E-state index < -0.39 is 108 Å². The number of rotatable bonds is 28. The van der Waals surface area contributed by atoms with E-state index in [2.05, 4.69) is 31.6 Å². The number of H-pyrrole nitrogens is 1. The number of carbonyl (C=O) groups is 9. The van der Waals surface area contributed by atoms with Crippen LogP contribution < -0.4 is 38.1 Å². The molecule has 0 bridgehead atoms. The van der Waals surface area contributed by atoms with E-state index in [4.69, 9.17) is 11.5 Å². The van der Waals surface area contributed by atoms with Crippen LogP contribution in [0.1, 0.15) is 89.2 Å². The summed E-state index contributed by atoms with van der Waals surface area (Å²) in [5.41, 5.74) is 14.2. The molecule has 73 heavy (non-hydrogen) atoms. The van der Waals surface area contributed by atoms with Gasteiger partial charge in [-0.05, 0) is 93.0 Å². The predicted molar refractivity (Wildman–Crippen MR) is 274 cm³/mol. The summed E-state index contributed by atoms with van der Waals surface area (Å²) in [6.07, 6.45) is 6.01. The van der Waals surface area contributed by atoms with Gasteiger partial charge < -0.3 is 63.0 Å². The highest BCUT2D eigenvalue weighted by atomic mass is 32.2. The van der Waals surface area contributed by atoms with Crippen molar-refractivity contribution in [1.29, 1.82) is 0 Å². The Bertz CT molecular complexity index is 2400. The molecule has 3 heterocycles. The minimum atomic E-state index is -1.75. The molecule has 7 amide bonds. The van der Waals surface area contributed by atoms with Crippen LogP contribution in [0, 0.1) is 5.92 Å². The van der Waals surface area contributed by atoms with Gasteiger partial charge in [0.25, 0.3) is 0 Å². The number of amides is 7. The van der Waals surface area contributed by atoms with E-state index in [-0.39, 0.29) is 44.7 Å². The van der Waals surface area contributed by atoms with Crippen molar-refractivity contribution in [3.8, 4) is 0 Å². The molecule has 398 valence electrons. The van der Waals surface area contributed by atoms with Crippen molar-refractivity contribution >= 4 is 76.0 Å². The van der Waals surface area contributed by atoms with Crippen molar-refractivity contribution in [3.63, 3.8) is 0 Å². The number of thioether (sulfide) groups is 1. The number of fused-ring (bicyclic) bond motifs is 1. The van der Waals surface area contributed by atoms with Crippen LogP contribution in [0.15, 0.2) is 60.8 Å². The van der Waals surface area contributed by atoms with Crippen molar-refractivity contribution in [1.82, 2.24) is 41.4 Å². The van der Waals surface area contributed by atoms with Crippen molar-refractivity contribution in [2.24, 2.45) is 17.4 Å². The summed E-state index contributed by atoms with van der Waals surface area (Å²) in [7, 11) is 0. The molecule has 3 aromatic rings. The summed E-state index contributed by atoms with van der Waals surface area (Å²) >= 11 is 1.56. The monoisotopic (exact) mass is 1030 g/mol. The fourth-order valence-corrected chi connectivity index (χ4v) is 9.82. The highest BCUT2D eigenvalue weighted by molar-refractivity contribution is 7.98. The van der Waals surface area contributed by atoms with Crippen LogP contribution in [0.3, 0.4) is 0 Å². The second-order valence-electron chi connectivity index (χ2n) is 18.9. The van der Waals surface area contributed by atoms with Crippen molar-refractivity contribution < 1.29 is 53.4 Å². The largest absolute Gasteiger partial charge is 0.481 e. The maximum atomic E-state index is 14.8. The van der Waals surface area contributed by atoms with Crippen LogP contribution in [0.2, 0.25) is 0 Å². The maximum absolute atomic E-state index is 14.8. The number of aliphatic carboxylic acids is 2. The number of hydrogen-bond acceptors (Lipinski definition) is 12. The van der Waals surface area contributed by atoms with Crippen molar-refractivity contribution in [3.05, 3.63) is 71.9 Å². The van der Waals surface area contributed by atoms with Gasteiger partial charge in [0.05, 0.1) is 12.5 Å². The van der Waals surface area contributed by atoms with Crippen LogP contribution in [-0.4, -0.2) is 158 Å². The van der Waals surface area contributed by atoms with E-state index in [9.17, 15) is 53.4 Å². The number of carbonyl (C=O) groups excluding carboxylic acids is 7. The average molecular weight is 1030 g/mol. The number of benzene rings is 2. The summed E-state index contributed by atoms with van der Waals surface area (Å²) in [5, 5.41) is 33.3. The number of hydrogen-bond donors (Lipinski definition) is 10. The van der Waals surface area contributed by atoms with Crippen LogP contribution in [0.5, 0.6) is 0 Å². The van der Waals surface area contributed by atoms with E-state index in [0.29, 0.717) is 68.4 Å². The molecule has 2 aliphatic heterocycles. The van der Waals surface area contributed by atoms with Gasteiger partial charge in [-0.1, -0.05) is 68.8 Å². The molecule has 2 saturated heterocycles. The zero-order chi connectivity index (χ0) is 53.2. The molecule has 1 aromatic heterocycles. The molecule has 0 spiro atoms. The molecule has 21 nitrogen and oxygen atoms in total. The minimum Gasteiger partial charge on any atom is -0.481 e. The Balaban J connectivity index is 1.42. The maximum Gasteiger partial charge on any atom is 0.326 e. The molecule has 0 unspecified atom stereocenters. The smallest absolute Gasteiger partial charge is 0.326 e. The Hall–Kier alpha value is -6.52. The van der Waals surface area contributed by atoms with E-state index >= 15 is 0 Å². The second kappa shape index (κ2) is 28.1. The Kier molecular flexibility index (Phi) is 22.1. The molecule has 22 heteroatoms. The molecule has 9 atom stereocenters. The van der Waals surface area contributed by atoms with E-state index in [1.807, 2.05) is 37.4 Å². The molecular weight excluding hydrogens is 961 g/mol. The van der Waals surface area contributed by atoms with Gasteiger partial charge in [0.1, 0.15) is 42.3 Å². The fraction of sp³-hybridized carbons (Fsp3) is 0.549. The van der Waals surface area contributed by atoms with Gasteiger partial charge in [-0.3, -0.25) is 38.4 Å². The van der Waals surface area contributed by atoms with Gasteiger partial charge in [0, 0.05) is 43.0 Å². The first-order valence-electron chi connectivity index (χ1n) is 25.1. The predicted octanol–water partition coefficient (Wildman–Crippen LogP) is 1.17. The Morgan fingerprint density at radius 3 is 1.96 bits per heavy atom. The standard InChI is InChI=1S/C51H72N10O11S/c1-4-30(2)43(59-47(67)41-20-12-23-60(41)49(69)34(53)21-25-73-3)48(68)56-37(27-32-29-54-35-17-9-8-16-33(32)35)45(65)55-36(18-10-11-22-52)44(64)57-38(26-31-14-6-5-7-15-31)50(70)61-24-13-19-40(61)46(66)58-39(51(71)72)28-42(62)63/h5-9,14-17,29-30,34,36-41,43,54H,4,10-13,18-28,52-53H2,1-3H3,(H,55,65)(H,56,68)(H,57,64)(H,58,66)(H,59,67)(H,62,63)(H,71,72)/t30-,34-,36-,37-,38-,39-,40-,41-,43-/m0/s1. The highest BCUT2D eigenvalue weighted by Crippen LogP contribution is 2.24. The van der Waals surface area contributed by atoms with Gasteiger partial charge in [0.15, 0.2) is 0 Å². The van der Waals surface area contributed by atoms with Gasteiger partial charge >= 0.3 is 11.9 Å². The highest BCUT2D eigenvalue weighted by Gasteiger charge is 2.42. The third-order valence-corrected chi connectivity index (χ3v) is 14.3. The molecule has 0 saturated carbocycles. The number of nitrogens with two attached hydrogens (primary N) is 2. The number of carboxylic acid groups (broad SMARTS) is 2. The number of carboxylic acids is 2. The quantitative estimate of drug-likeness (QED) is 0.0457. The van der Waals surface area contributed by atoms with Crippen molar-refractivity contribution in [2.75, 3.05) is 31.6 Å². The number of nitrogens with zero attached hydrogens (tertiary/aromatic N) is 2. The zero-order valence-electron chi connectivity index (χ0n) is 41.8. The number of aromatic amines is 1. The van der Waals surface area contributed by atoms with Gasteiger partial charge in [-0.2, -0.15) is 11.8 Å². The van der Waals surface area contributed by atoms with Crippen LogP contribution >= 0.6 is 11.8 Å². The Labute approximate surface area is 429 Å². The number of aromatic nitrogens is 1. The number of para-hydroxylation sites is 1. The Morgan fingerprint density at radius 1 is 0.726 bits per heavy atom. The minimum absolute atomic E-state index is 0.0317. The summed E-state index contributed by atoms with van der Waals surface area (Å²) in [6.45, 7) is 4.37. The first kappa shape index (κ1) is 57.4. The summed E-state index contributed by atoms with van der Waals surface area (Å²) in [6, 6.07) is 6.69. The lowest BCUT2D eigenvalue weighted by molar-refractivity contribution is -0.148. The summed E-state index contributed by atoms with van der Waals surface area (Å²) < 4.78 is 0. The lowest BCUT2D eigenvalue weighted by atomic mass is 9.96. The third kappa shape index (κ3) is 16.0. The molecular formula is C51H72N10O11S. The number of unbranched alkanes of at least 4 members (excludes halogenated alkanes) is 1. The van der Waals surface area contributed by atoms with E-state index in [1.54, 1.807) is 55.2 Å². The zero-order valence-corrected chi connectivity index (χ0v) is 42.6. The average Bonchev–Trinajstić information content (AvgIpc) is 4.17. The number of likely N-dealkylation sites (tertiary alicyclic amines) is 2. The molecule has 2 aromatic carbocycles. The van der Waals surface area contributed by atoms with E-state index in [1.165, 1.54) is 9.80 Å². The molecule has 0 aliphatic carbocycles. The molecule has 12 N–H and O–H groups in total. The normalized spacial score (nSPS) is 18.4. The van der Waals surface area contributed by atoms with Crippen molar-refractivity contribution in [2.45, 2.75) is 139 Å². The van der Waals surface area contributed by atoms with Crippen LogP contribution in [0.4, 0.5) is 0 Å². The Morgan fingerprint density at radius 2 is 1.33 bits per heavy atom. The van der Waals surface area contributed by atoms with Gasteiger partial charge in [0.2, 0.25) is 41.4 Å². The molecule has 0 radical (unpaired) electrons. The van der Waals surface area contributed by atoms with Crippen LogP contribution in [-0.2, 0) is 56.0 Å². The lowest BCUT2D eigenvalue weighted by Crippen LogP contribution is -2.61. The van der Waals surface area contributed by atoms with Crippen LogP contribution in [0.25, 0.3) is 10.9 Å². The summed E-state index contributed by atoms with van der Waals surface area (Å²) in [4.78, 5) is 129. The summed E-state index contributed by atoms with van der Waals surface area (Å²) in [5.74, 6) is -7.23. The third-order valence-electron chi connectivity index (χ3n) is 13.6. The fourth-order valence-electron chi connectivity index (χ4n) is 9.33.